The molecule has 2 heteroatoms. The summed E-state index contributed by atoms with van der Waals surface area (Å²) >= 11 is 0. The van der Waals surface area contributed by atoms with E-state index >= 15 is 0 Å². The third kappa shape index (κ3) is 1.65. The molecule has 0 heterocycles. The molecule has 13 heavy (non-hydrogen) atoms. The van der Waals surface area contributed by atoms with E-state index in [2.05, 4.69) is 24.4 Å². The Kier molecular flexibility index (Phi) is 2.70. The smallest absolute Gasteiger partial charge is 0.0761 e. The van der Waals surface area contributed by atoms with Gasteiger partial charge in [-0.05, 0) is 25.3 Å². The van der Waals surface area contributed by atoms with Crippen LogP contribution in [0.5, 0.6) is 0 Å². The molecule has 4 atom stereocenters. The summed E-state index contributed by atoms with van der Waals surface area (Å²) in [4.78, 5) is 0. The molecule has 2 aliphatic rings. The third-order valence-electron chi connectivity index (χ3n) is 3.33. The fourth-order valence-corrected chi connectivity index (χ4v) is 2.51. The van der Waals surface area contributed by atoms with E-state index < -0.39 is 0 Å². The molecule has 0 radical (unpaired) electrons. The van der Waals surface area contributed by atoms with Crippen LogP contribution in [0.2, 0.25) is 0 Å². The fourth-order valence-electron chi connectivity index (χ4n) is 2.51. The zero-order valence-electron chi connectivity index (χ0n) is 8.24. The van der Waals surface area contributed by atoms with Crippen molar-refractivity contribution in [2.24, 2.45) is 11.8 Å². The maximum absolute atomic E-state index is 9.86. The first-order chi connectivity index (χ1) is 6.33. The average molecular weight is 181 g/mol. The van der Waals surface area contributed by atoms with Gasteiger partial charge < -0.3 is 10.4 Å². The maximum Gasteiger partial charge on any atom is 0.0761 e. The van der Waals surface area contributed by atoms with Gasteiger partial charge in [-0.3, -0.25) is 0 Å². The number of rotatable bonds is 4. The van der Waals surface area contributed by atoms with Crippen LogP contribution in [0, 0.1) is 11.8 Å². The van der Waals surface area contributed by atoms with Crippen molar-refractivity contribution in [2.75, 3.05) is 6.54 Å². The van der Waals surface area contributed by atoms with Crippen LogP contribution in [0.15, 0.2) is 12.2 Å². The minimum Gasteiger partial charge on any atom is -0.391 e. The molecule has 0 spiro atoms. The molecule has 0 aromatic carbocycles. The summed E-state index contributed by atoms with van der Waals surface area (Å²) in [6.07, 6.45) is 7.90. The summed E-state index contributed by atoms with van der Waals surface area (Å²) in [5.74, 6) is 1.03. The van der Waals surface area contributed by atoms with Gasteiger partial charge in [0.2, 0.25) is 0 Å². The van der Waals surface area contributed by atoms with E-state index in [1.165, 1.54) is 12.8 Å². The predicted molar refractivity (Wildman–Crippen MR) is 53.4 cm³/mol. The second-order valence-electron chi connectivity index (χ2n) is 4.27. The van der Waals surface area contributed by atoms with Crippen molar-refractivity contribution in [3.8, 4) is 0 Å². The largest absolute Gasteiger partial charge is 0.391 e. The van der Waals surface area contributed by atoms with E-state index in [-0.39, 0.29) is 6.10 Å². The molecule has 2 aliphatic carbocycles. The van der Waals surface area contributed by atoms with E-state index in [1.807, 2.05) is 0 Å². The molecule has 4 unspecified atom stereocenters. The van der Waals surface area contributed by atoms with Gasteiger partial charge >= 0.3 is 0 Å². The van der Waals surface area contributed by atoms with Crippen molar-refractivity contribution < 1.29 is 5.11 Å². The molecular formula is C11H19NO. The zero-order chi connectivity index (χ0) is 9.26. The quantitative estimate of drug-likeness (QED) is 0.506. The molecule has 2 bridgehead atoms. The van der Waals surface area contributed by atoms with Crippen LogP contribution < -0.4 is 5.32 Å². The molecule has 1 saturated carbocycles. The summed E-state index contributed by atoms with van der Waals surface area (Å²) in [6, 6.07) is 0.335. The molecular weight excluding hydrogens is 162 g/mol. The van der Waals surface area contributed by atoms with Crippen LogP contribution >= 0.6 is 0 Å². The van der Waals surface area contributed by atoms with Gasteiger partial charge in [-0.1, -0.05) is 25.5 Å². The Morgan fingerprint density at radius 1 is 1.38 bits per heavy atom. The summed E-state index contributed by atoms with van der Waals surface area (Å²) in [5, 5.41) is 13.3. The van der Waals surface area contributed by atoms with Crippen molar-refractivity contribution in [1.29, 1.82) is 0 Å². The number of aliphatic hydroxyl groups is 1. The lowest BCUT2D eigenvalue weighted by Crippen LogP contribution is -2.43. The van der Waals surface area contributed by atoms with Crippen molar-refractivity contribution in [2.45, 2.75) is 38.3 Å². The van der Waals surface area contributed by atoms with Gasteiger partial charge in [-0.2, -0.15) is 0 Å². The van der Waals surface area contributed by atoms with Crippen LogP contribution in [-0.4, -0.2) is 23.8 Å². The van der Waals surface area contributed by atoms with Gasteiger partial charge in [0.1, 0.15) is 0 Å². The Bertz CT molecular complexity index is 202. The summed E-state index contributed by atoms with van der Waals surface area (Å²) in [6.45, 7) is 3.24. The lowest BCUT2D eigenvalue weighted by Gasteiger charge is -2.24. The molecule has 2 N–H and O–H groups in total. The SMILES string of the molecule is CCCCNC1C2C=CC(C2)C1O. The lowest BCUT2D eigenvalue weighted by molar-refractivity contribution is 0.115. The average Bonchev–Trinajstić information content (AvgIpc) is 2.69. The molecule has 0 amide bonds. The zero-order valence-corrected chi connectivity index (χ0v) is 8.24. The number of aliphatic hydroxyl groups excluding tert-OH is 1. The van der Waals surface area contributed by atoms with Crippen LogP contribution in [0.1, 0.15) is 26.2 Å². The monoisotopic (exact) mass is 181 g/mol. The predicted octanol–water partition coefficient (Wildman–Crippen LogP) is 1.31. The first kappa shape index (κ1) is 9.22. The highest BCUT2D eigenvalue weighted by molar-refractivity contribution is 5.16. The normalized spacial score (nSPS) is 41.7. The topological polar surface area (TPSA) is 32.3 Å². The van der Waals surface area contributed by atoms with Crippen molar-refractivity contribution in [1.82, 2.24) is 5.32 Å². The van der Waals surface area contributed by atoms with E-state index in [4.69, 9.17) is 0 Å². The molecule has 0 aromatic heterocycles. The standard InChI is InChI=1S/C11H19NO/c1-2-3-6-12-10-8-4-5-9(7-8)11(10)13/h4-5,8-13H,2-3,6-7H2,1H3. The molecule has 2 rings (SSSR count). The first-order valence-corrected chi connectivity index (χ1v) is 5.42. The van der Waals surface area contributed by atoms with E-state index in [1.54, 1.807) is 0 Å². The second kappa shape index (κ2) is 3.81. The van der Waals surface area contributed by atoms with E-state index in [9.17, 15) is 5.11 Å². The minimum atomic E-state index is -0.133. The highest BCUT2D eigenvalue weighted by Gasteiger charge is 2.42. The van der Waals surface area contributed by atoms with Crippen LogP contribution in [0.3, 0.4) is 0 Å². The van der Waals surface area contributed by atoms with Gasteiger partial charge in [-0.15, -0.1) is 0 Å². The first-order valence-electron chi connectivity index (χ1n) is 5.42. The number of hydrogen-bond donors (Lipinski definition) is 2. The highest BCUT2D eigenvalue weighted by Crippen LogP contribution is 2.39. The Morgan fingerprint density at radius 2 is 2.15 bits per heavy atom. The van der Waals surface area contributed by atoms with Gasteiger partial charge in [0.15, 0.2) is 0 Å². The number of nitrogens with one attached hydrogen (secondary N) is 1. The van der Waals surface area contributed by atoms with Crippen molar-refractivity contribution >= 4 is 0 Å². The lowest BCUT2D eigenvalue weighted by atomic mass is 9.98. The van der Waals surface area contributed by atoms with Crippen LogP contribution in [-0.2, 0) is 0 Å². The molecule has 2 nitrogen and oxygen atoms in total. The Hall–Kier alpha value is -0.340. The summed E-state index contributed by atoms with van der Waals surface area (Å²) < 4.78 is 0. The number of hydrogen-bond acceptors (Lipinski definition) is 2. The number of fused-ring (bicyclic) bond motifs is 2. The molecule has 0 aliphatic heterocycles. The van der Waals surface area contributed by atoms with E-state index in [0.717, 1.165) is 13.0 Å². The summed E-state index contributed by atoms with van der Waals surface area (Å²) in [5.41, 5.74) is 0. The maximum atomic E-state index is 9.86. The molecule has 74 valence electrons. The van der Waals surface area contributed by atoms with Gasteiger partial charge in [-0.25, -0.2) is 0 Å². The van der Waals surface area contributed by atoms with Gasteiger partial charge in [0.05, 0.1) is 6.10 Å². The molecule has 0 aromatic rings. The Labute approximate surface area is 80.0 Å². The Morgan fingerprint density at radius 3 is 2.77 bits per heavy atom. The minimum absolute atomic E-state index is 0.133. The summed E-state index contributed by atoms with van der Waals surface area (Å²) in [7, 11) is 0. The van der Waals surface area contributed by atoms with Crippen LogP contribution in [0.25, 0.3) is 0 Å². The van der Waals surface area contributed by atoms with Gasteiger partial charge in [0, 0.05) is 12.0 Å². The van der Waals surface area contributed by atoms with Gasteiger partial charge in [0.25, 0.3) is 0 Å². The highest BCUT2D eigenvalue weighted by atomic mass is 16.3. The third-order valence-corrected chi connectivity index (χ3v) is 3.33. The fraction of sp³-hybridized carbons (Fsp3) is 0.818. The van der Waals surface area contributed by atoms with Crippen molar-refractivity contribution in [3.63, 3.8) is 0 Å². The second-order valence-corrected chi connectivity index (χ2v) is 4.27. The van der Waals surface area contributed by atoms with E-state index in [0.29, 0.717) is 17.9 Å². The van der Waals surface area contributed by atoms with Crippen molar-refractivity contribution in [3.05, 3.63) is 12.2 Å². The Balaban J connectivity index is 1.83. The number of unbranched alkanes of at least 4 members (excludes halogenated alkanes) is 1. The molecule has 0 saturated heterocycles. The molecule has 1 fully saturated rings. The van der Waals surface area contributed by atoms with Crippen LogP contribution in [0.4, 0.5) is 0 Å².